The fourth-order valence-corrected chi connectivity index (χ4v) is 2.57. The fourth-order valence-electron chi connectivity index (χ4n) is 2.19. The summed E-state index contributed by atoms with van der Waals surface area (Å²) in [6.07, 6.45) is 6.78. The van der Waals surface area contributed by atoms with Crippen LogP contribution in [0, 0.1) is 0 Å². The molecule has 0 amide bonds. The zero-order valence-electron chi connectivity index (χ0n) is 13.8. The van der Waals surface area contributed by atoms with Crippen molar-refractivity contribution in [3.63, 3.8) is 0 Å². The van der Waals surface area contributed by atoms with Gasteiger partial charge in [-0.2, -0.15) is 0 Å². The number of aromatic nitrogens is 2. The van der Waals surface area contributed by atoms with Gasteiger partial charge in [-0.15, -0.1) is 0 Å². The summed E-state index contributed by atoms with van der Waals surface area (Å²) in [6, 6.07) is 12.4. The van der Waals surface area contributed by atoms with Crippen LogP contribution in [0.25, 0.3) is 10.9 Å². The van der Waals surface area contributed by atoms with Crippen LogP contribution in [0.2, 0.25) is 0 Å². The van der Waals surface area contributed by atoms with Gasteiger partial charge >= 0.3 is 11.9 Å². The molecule has 1 aromatic carbocycles. The molecule has 0 saturated heterocycles. The predicted molar refractivity (Wildman–Crippen MR) is 102 cm³/mol. The highest BCUT2D eigenvalue weighted by Crippen LogP contribution is 2.23. The quantitative estimate of drug-likeness (QED) is 0.631. The van der Waals surface area contributed by atoms with E-state index in [9.17, 15) is 9.59 Å². The highest BCUT2D eigenvalue weighted by Gasteiger charge is 2.06. The minimum atomic E-state index is -1.26. The van der Waals surface area contributed by atoms with Gasteiger partial charge < -0.3 is 10.2 Å². The normalized spacial score (nSPS) is 10.4. The van der Waals surface area contributed by atoms with Gasteiger partial charge in [0.1, 0.15) is 0 Å². The van der Waals surface area contributed by atoms with E-state index in [-0.39, 0.29) is 0 Å². The largest absolute Gasteiger partial charge is 0.478 e. The summed E-state index contributed by atoms with van der Waals surface area (Å²) in [4.78, 5) is 23.1. The zero-order valence-corrected chi connectivity index (χ0v) is 15.4. The van der Waals surface area contributed by atoms with Gasteiger partial charge in [0.15, 0.2) is 0 Å². The van der Waals surface area contributed by atoms with Gasteiger partial charge in [0.25, 0.3) is 0 Å². The number of carbonyl (C=O) groups is 2. The minimum absolute atomic E-state index is 0.558. The lowest BCUT2D eigenvalue weighted by molar-refractivity contribution is -0.134. The Morgan fingerprint density at radius 2 is 1.69 bits per heavy atom. The van der Waals surface area contributed by atoms with E-state index in [0.717, 1.165) is 10.2 Å². The van der Waals surface area contributed by atoms with Crippen LogP contribution in [0.15, 0.2) is 71.6 Å². The van der Waals surface area contributed by atoms with E-state index in [1.165, 1.54) is 10.9 Å². The Balaban J connectivity index is 0.000000260. The second-order valence-electron chi connectivity index (χ2n) is 5.10. The molecule has 0 aliphatic carbocycles. The van der Waals surface area contributed by atoms with Crippen molar-refractivity contribution in [3.05, 3.63) is 71.6 Å². The number of hydrogen-bond donors (Lipinski definition) is 2. The van der Waals surface area contributed by atoms with Crippen molar-refractivity contribution in [2.75, 3.05) is 12.1 Å². The third kappa shape index (κ3) is 5.18. The number of nitrogens with zero attached hydrogens (tertiary/aromatic N) is 3. The maximum Gasteiger partial charge on any atom is 0.328 e. The molecule has 0 saturated carbocycles. The summed E-state index contributed by atoms with van der Waals surface area (Å²) in [5.41, 5.74) is 2.28. The molecule has 0 bridgehead atoms. The van der Waals surface area contributed by atoms with E-state index >= 15 is 0 Å². The molecule has 0 atom stereocenters. The number of pyridine rings is 1. The average Bonchev–Trinajstić information content (AvgIpc) is 3.03. The van der Waals surface area contributed by atoms with Gasteiger partial charge in [-0.05, 0) is 36.4 Å². The van der Waals surface area contributed by atoms with Crippen molar-refractivity contribution in [1.29, 1.82) is 0 Å². The number of hydrogen-bond acceptors (Lipinski definition) is 4. The number of anilines is 1. The fraction of sp³-hybridized carbons (Fsp3) is 0.0556. The number of fused-ring (bicyclic) bond motifs is 1. The maximum atomic E-state index is 9.55. The highest BCUT2D eigenvalue weighted by molar-refractivity contribution is 9.10. The maximum absolute atomic E-state index is 9.55. The van der Waals surface area contributed by atoms with E-state index in [4.69, 9.17) is 10.2 Å². The Kier molecular flexibility index (Phi) is 6.51. The zero-order chi connectivity index (χ0) is 19.1. The van der Waals surface area contributed by atoms with E-state index in [2.05, 4.69) is 61.1 Å². The summed E-state index contributed by atoms with van der Waals surface area (Å²) in [7, 11) is 2.04. The molecule has 0 aliphatic rings. The Hall–Kier alpha value is -3.13. The van der Waals surface area contributed by atoms with Crippen LogP contribution in [0.4, 0.5) is 5.69 Å². The van der Waals surface area contributed by atoms with Gasteiger partial charge in [-0.3, -0.25) is 14.7 Å². The van der Waals surface area contributed by atoms with E-state index in [1.807, 2.05) is 19.2 Å². The summed E-state index contributed by atoms with van der Waals surface area (Å²) in [5.74, 6) is -2.51. The molecule has 0 spiro atoms. The van der Waals surface area contributed by atoms with Crippen molar-refractivity contribution in [3.8, 4) is 0 Å². The lowest BCUT2D eigenvalue weighted by Gasteiger charge is -2.21. The van der Waals surface area contributed by atoms with Crippen molar-refractivity contribution >= 4 is 44.5 Å². The molecule has 2 heterocycles. The molecule has 26 heavy (non-hydrogen) atoms. The van der Waals surface area contributed by atoms with Gasteiger partial charge in [0.2, 0.25) is 0 Å². The molecule has 3 rings (SSSR count). The third-order valence-electron chi connectivity index (χ3n) is 3.36. The summed E-state index contributed by atoms with van der Waals surface area (Å²) in [6.45, 7) is 0. The molecule has 0 aliphatic heterocycles. The SMILES string of the molecule is CN(c1ccncc1)n1ccc2cc(Br)ccc21.O=C(O)C=CC(=O)O. The van der Waals surface area contributed by atoms with Gasteiger partial charge in [0.05, 0.1) is 11.2 Å². The summed E-state index contributed by atoms with van der Waals surface area (Å²) >= 11 is 3.49. The van der Waals surface area contributed by atoms with Crippen LogP contribution >= 0.6 is 15.9 Å². The van der Waals surface area contributed by atoms with Crippen LogP contribution in [0.1, 0.15) is 0 Å². The molecular formula is C18H16BrN3O4. The molecule has 0 unspecified atom stereocenters. The van der Waals surface area contributed by atoms with Crippen LogP contribution in [-0.4, -0.2) is 38.9 Å². The Labute approximate surface area is 157 Å². The molecule has 7 nitrogen and oxygen atoms in total. The number of rotatable bonds is 4. The molecule has 2 N–H and O–H groups in total. The smallest absolute Gasteiger partial charge is 0.328 e. The molecule has 0 fully saturated rings. The second-order valence-corrected chi connectivity index (χ2v) is 6.02. The van der Waals surface area contributed by atoms with Crippen LogP contribution in [-0.2, 0) is 9.59 Å². The van der Waals surface area contributed by atoms with E-state index in [0.29, 0.717) is 12.2 Å². The van der Waals surface area contributed by atoms with Crippen LogP contribution in [0.5, 0.6) is 0 Å². The number of benzene rings is 1. The average molecular weight is 418 g/mol. The lowest BCUT2D eigenvalue weighted by Crippen LogP contribution is -2.23. The van der Waals surface area contributed by atoms with Gasteiger partial charge in [-0.25, -0.2) is 9.59 Å². The summed E-state index contributed by atoms with van der Waals surface area (Å²) < 4.78 is 3.22. The first-order valence-electron chi connectivity index (χ1n) is 7.43. The van der Waals surface area contributed by atoms with Gasteiger partial charge in [0, 0.05) is 47.6 Å². The van der Waals surface area contributed by atoms with Crippen molar-refractivity contribution < 1.29 is 19.8 Å². The predicted octanol–water partition coefficient (Wildman–Crippen LogP) is 3.41. The first-order valence-corrected chi connectivity index (χ1v) is 8.22. The van der Waals surface area contributed by atoms with Crippen LogP contribution < -0.4 is 5.01 Å². The topological polar surface area (TPSA) is 95.7 Å². The Morgan fingerprint density at radius 1 is 1.08 bits per heavy atom. The molecule has 0 radical (unpaired) electrons. The standard InChI is InChI=1S/C14H12BrN3.C4H4O4/c1-17(13-4-7-16-8-5-13)18-9-6-11-10-12(15)2-3-14(11)18;5-3(6)1-2-4(7)8/h2-10H,1H3;1-2H,(H,5,6)(H,7,8). The number of carboxylic acid groups (broad SMARTS) is 2. The van der Waals surface area contributed by atoms with E-state index in [1.54, 1.807) is 12.4 Å². The van der Waals surface area contributed by atoms with Crippen LogP contribution in [0.3, 0.4) is 0 Å². The summed E-state index contributed by atoms with van der Waals surface area (Å²) in [5, 5.41) is 18.9. The molecule has 8 heteroatoms. The second kappa shape index (κ2) is 8.82. The molecule has 2 aromatic heterocycles. The first kappa shape index (κ1) is 19.2. The van der Waals surface area contributed by atoms with Gasteiger partial charge in [-0.1, -0.05) is 15.9 Å². The first-order chi connectivity index (χ1) is 12.4. The Bertz CT molecular complexity index is 922. The molecular weight excluding hydrogens is 402 g/mol. The highest BCUT2D eigenvalue weighted by atomic mass is 79.9. The third-order valence-corrected chi connectivity index (χ3v) is 3.85. The van der Waals surface area contributed by atoms with Crippen molar-refractivity contribution in [2.45, 2.75) is 0 Å². The Morgan fingerprint density at radius 3 is 2.27 bits per heavy atom. The van der Waals surface area contributed by atoms with Crippen molar-refractivity contribution in [2.24, 2.45) is 0 Å². The van der Waals surface area contributed by atoms with E-state index < -0.39 is 11.9 Å². The number of halogens is 1. The minimum Gasteiger partial charge on any atom is -0.478 e. The number of carboxylic acids is 2. The molecule has 3 aromatic rings. The monoisotopic (exact) mass is 417 g/mol. The molecule has 134 valence electrons. The lowest BCUT2D eigenvalue weighted by atomic mass is 10.2. The van der Waals surface area contributed by atoms with Crippen molar-refractivity contribution in [1.82, 2.24) is 9.66 Å². The number of aliphatic carboxylic acids is 2.